The van der Waals surface area contributed by atoms with E-state index in [9.17, 15) is 0 Å². The van der Waals surface area contributed by atoms with Crippen molar-refractivity contribution in [2.75, 3.05) is 42.3 Å². The first-order chi connectivity index (χ1) is 14.2. The molecule has 0 atom stereocenters. The molecule has 6 nitrogen and oxygen atoms in total. The zero-order chi connectivity index (χ0) is 20.5. The summed E-state index contributed by atoms with van der Waals surface area (Å²) in [6.07, 6.45) is 2.61. The number of hydrogen-bond acceptors (Lipinski definition) is 6. The second-order valence-electron chi connectivity index (χ2n) is 6.60. The summed E-state index contributed by atoms with van der Waals surface area (Å²) >= 11 is 0. The van der Waals surface area contributed by atoms with Gasteiger partial charge in [-0.2, -0.15) is 4.98 Å². The van der Waals surface area contributed by atoms with Crippen molar-refractivity contribution in [3.63, 3.8) is 0 Å². The van der Waals surface area contributed by atoms with Crippen LogP contribution in [0.25, 0.3) is 0 Å². The zero-order valence-electron chi connectivity index (χ0n) is 17.4. The fraction of sp³-hybridized carbons (Fsp3) is 0.304. The van der Waals surface area contributed by atoms with E-state index in [1.54, 1.807) is 13.3 Å². The summed E-state index contributed by atoms with van der Waals surface area (Å²) in [5.41, 5.74) is 3.35. The largest absolute Gasteiger partial charge is 0.496 e. The highest BCUT2D eigenvalue weighted by atomic mass is 16.5. The second kappa shape index (κ2) is 10.3. The minimum absolute atomic E-state index is 0.572. The topological polar surface area (TPSA) is 62.3 Å². The molecule has 0 radical (unpaired) electrons. The predicted molar refractivity (Wildman–Crippen MR) is 121 cm³/mol. The summed E-state index contributed by atoms with van der Waals surface area (Å²) in [6.45, 7) is 7.07. The van der Waals surface area contributed by atoms with E-state index in [0.29, 0.717) is 5.95 Å². The molecule has 6 heteroatoms. The van der Waals surface area contributed by atoms with Crippen molar-refractivity contribution in [1.82, 2.24) is 9.97 Å². The molecule has 1 aromatic heterocycles. The predicted octanol–water partition coefficient (Wildman–Crippen LogP) is 4.73. The van der Waals surface area contributed by atoms with Gasteiger partial charge in [-0.3, -0.25) is 0 Å². The number of ether oxygens (including phenoxy) is 1. The number of anilines is 4. The van der Waals surface area contributed by atoms with Crippen LogP contribution in [0.1, 0.15) is 19.4 Å². The van der Waals surface area contributed by atoms with Crippen molar-refractivity contribution < 1.29 is 4.74 Å². The Hall–Kier alpha value is -3.28. The standard InChI is InChI=1S/C23H29N5O/c1-4-28(5-2)20-12-10-19(11-13-20)26-23-25-17-15-22(27-23)24-16-14-18-8-6-7-9-21(18)29-3/h6-13,15,17H,4-5,14,16H2,1-3H3,(H2,24,25,26,27). The van der Waals surface area contributed by atoms with Crippen LogP contribution in [0.2, 0.25) is 0 Å². The molecule has 0 aliphatic carbocycles. The lowest BCUT2D eigenvalue weighted by atomic mass is 10.1. The molecule has 0 fully saturated rings. The van der Waals surface area contributed by atoms with Gasteiger partial charge in [-0.1, -0.05) is 18.2 Å². The van der Waals surface area contributed by atoms with Gasteiger partial charge in [0.2, 0.25) is 5.95 Å². The molecule has 0 unspecified atom stereocenters. The van der Waals surface area contributed by atoms with Crippen LogP contribution in [-0.2, 0) is 6.42 Å². The van der Waals surface area contributed by atoms with Gasteiger partial charge < -0.3 is 20.3 Å². The molecular weight excluding hydrogens is 362 g/mol. The Morgan fingerprint density at radius 3 is 2.45 bits per heavy atom. The number of aromatic nitrogens is 2. The van der Waals surface area contributed by atoms with Gasteiger partial charge in [0.25, 0.3) is 0 Å². The maximum absolute atomic E-state index is 5.40. The molecule has 3 aromatic rings. The fourth-order valence-corrected chi connectivity index (χ4v) is 3.23. The van der Waals surface area contributed by atoms with Crippen molar-refractivity contribution in [2.24, 2.45) is 0 Å². The third kappa shape index (κ3) is 5.60. The van der Waals surface area contributed by atoms with Crippen LogP contribution in [0.3, 0.4) is 0 Å². The van der Waals surface area contributed by atoms with E-state index in [-0.39, 0.29) is 0 Å². The normalized spacial score (nSPS) is 10.4. The minimum atomic E-state index is 0.572. The number of nitrogens with one attached hydrogen (secondary N) is 2. The highest BCUT2D eigenvalue weighted by molar-refractivity contribution is 5.60. The molecule has 2 aromatic carbocycles. The van der Waals surface area contributed by atoms with Crippen molar-refractivity contribution in [3.8, 4) is 5.75 Å². The van der Waals surface area contributed by atoms with Crippen LogP contribution in [0.5, 0.6) is 5.75 Å². The van der Waals surface area contributed by atoms with Crippen LogP contribution in [0, 0.1) is 0 Å². The summed E-state index contributed by atoms with van der Waals surface area (Å²) in [5.74, 6) is 2.27. The molecule has 0 aliphatic rings. The first-order valence-electron chi connectivity index (χ1n) is 10.0. The molecule has 1 heterocycles. The molecule has 152 valence electrons. The average molecular weight is 392 g/mol. The summed E-state index contributed by atoms with van der Waals surface area (Å²) in [6, 6.07) is 18.3. The second-order valence-corrected chi connectivity index (χ2v) is 6.60. The molecule has 0 amide bonds. The van der Waals surface area contributed by atoms with Gasteiger partial charge in [0.15, 0.2) is 0 Å². The lowest BCUT2D eigenvalue weighted by Crippen LogP contribution is -2.21. The number of para-hydroxylation sites is 1. The van der Waals surface area contributed by atoms with Crippen molar-refractivity contribution in [3.05, 3.63) is 66.4 Å². The number of hydrogen-bond donors (Lipinski definition) is 2. The maximum atomic E-state index is 5.40. The average Bonchev–Trinajstić information content (AvgIpc) is 2.76. The van der Waals surface area contributed by atoms with E-state index in [0.717, 1.165) is 43.3 Å². The Morgan fingerprint density at radius 1 is 0.966 bits per heavy atom. The highest BCUT2D eigenvalue weighted by Gasteiger charge is 2.05. The summed E-state index contributed by atoms with van der Waals surface area (Å²) in [4.78, 5) is 11.2. The summed E-state index contributed by atoms with van der Waals surface area (Å²) in [5, 5.41) is 6.63. The van der Waals surface area contributed by atoms with Crippen LogP contribution >= 0.6 is 0 Å². The van der Waals surface area contributed by atoms with Crippen LogP contribution in [-0.4, -0.2) is 36.7 Å². The van der Waals surface area contributed by atoms with Crippen molar-refractivity contribution in [1.29, 1.82) is 0 Å². The third-order valence-corrected chi connectivity index (χ3v) is 4.80. The van der Waals surface area contributed by atoms with Gasteiger partial charge in [0.1, 0.15) is 11.6 Å². The van der Waals surface area contributed by atoms with Crippen molar-refractivity contribution >= 4 is 23.1 Å². The summed E-state index contributed by atoms with van der Waals surface area (Å²) < 4.78 is 5.40. The van der Waals surface area contributed by atoms with Crippen LogP contribution < -0.4 is 20.3 Å². The van der Waals surface area contributed by atoms with Gasteiger partial charge in [-0.25, -0.2) is 4.98 Å². The van der Waals surface area contributed by atoms with E-state index >= 15 is 0 Å². The van der Waals surface area contributed by atoms with Gasteiger partial charge in [0.05, 0.1) is 7.11 Å². The molecule has 0 bridgehead atoms. The quantitative estimate of drug-likeness (QED) is 0.521. The Morgan fingerprint density at radius 2 is 1.72 bits per heavy atom. The first-order valence-corrected chi connectivity index (χ1v) is 10.0. The Kier molecular flexibility index (Phi) is 7.28. The van der Waals surface area contributed by atoms with Gasteiger partial charge in [-0.05, 0) is 62.2 Å². The highest BCUT2D eigenvalue weighted by Crippen LogP contribution is 2.21. The lowest BCUT2D eigenvalue weighted by Gasteiger charge is -2.21. The van der Waals surface area contributed by atoms with E-state index in [1.165, 1.54) is 11.3 Å². The van der Waals surface area contributed by atoms with Gasteiger partial charge in [0, 0.05) is 37.2 Å². The lowest BCUT2D eigenvalue weighted by molar-refractivity contribution is 0.410. The summed E-state index contributed by atoms with van der Waals surface area (Å²) in [7, 11) is 1.70. The minimum Gasteiger partial charge on any atom is -0.496 e. The molecule has 0 saturated carbocycles. The zero-order valence-corrected chi connectivity index (χ0v) is 17.4. The van der Waals surface area contributed by atoms with E-state index < -0.39 is 0 Å². The monoisotopic (exact) mass is 391 g/mol. The Labute approximate surface area is 173 Å². The van der Waals surface area contributed by atoms with Crippen molar-refractivity contribution in [2.45, 2.75) is 20.3 Å². The van der Waals surface area contributed by atoms with Crippen LogP contribution in [0.15, 0.2) is 60.8 Å². The number of nitrogens with zero attached hydrogens (tertiary/aromatic N) is 3. The molecule has 3 rings (SSSR count). The molecular formula is C23H29N5O. The SMILES string of the molecule is CCN(CC)c1ccc(Nc2nccc(NCCc3ccccc3OC)n2)cc1. The number of rotatable bonds is 10. The van der Waals surface area contributed by atoms with Crippen LogP contribution in [0.4, 0.5) is 23.1 Å². The molecule has 29 heavy (non-hydrogen) atoms. The van der Waals surface area contributed by atoms with E-state index in [2.05, 4.69) is 69.7 Å². The first kappa shape index (κ1) is 20.5. The van der Waals surface area contributed by atoms with Gasteiger partial charge in [-0.15, -0.1) is 0 Å². The molecule has 2 N–H and O–H groups in total. The number of methoxy groups -OCH3 is 1. The number of benzene rings is 2. The molecule has 0 saturated heterocycles. The van der Waals surface area contributed by atoms with Gasteiger partial charge >= 0.3 is 0 Å². The molecule has 0 spiro atoms. The third-order valence-electron chi connectivity index (χ3n) is 4.80. The Balaban J connectivity index is 1.58. The Bertz CT molecular complexity index is 894. The smallest absolute Gasteiger partial charge is 0.229 e. The maximum Gasteiger partial charge on any atom is 0.229 e. The van der Waals surface area contributed by atoms with E-state index in [4.69, 9.17) is 4.74 Å². The van der Waals surface area contributed by atoms with E-state index in [1.807, 2.05) is 24.3 Å². The molecule has 0 aliphatic heterocycles. The fourth-order valence-electron chi connectivity index (χ4n) is 3.23.